The molecule has 0 radical (unpaired) electrons. The van der Waals surface area contributed by atoms with Gasteiger partial charge in [-0.05, 0) is 38.0 Å². The summed E-state index contributed by atoms with van der Waals surface area (Å²) in [6, 6.07) is 8.85. The molecule has 1 aromatic heterocycles. The highest BCUT2D eigenvalue weighted by molar-refractivity contribution is 5.96. The maximum atomic E-state index is 12.3. The van der Waals surface area contributed by atoms with Crippen LogP contribution in [-0.2, 0) is 0 Å². The van der Waals surface area contributed by atoms with Crippen LogP contribution in [0.2, 0.25) is 0 Å². The Hall–Kier alpha value is -2.63. The molecule has 2 N–H and O–H groups in total. The average molecular weight is 326 g/mol. The van der Waals surface area contributed by atoms with Gasteiger partial charge in [0.1, 0.15) is 0 Å². The number of urea groups is 1. The molecule has 2 atom stereocenters. The predicted octanol–water partition coefficient (Wildman–Crippen LogP) is 3.39. The van der Waals surface area contributed by atoms with E-state index in [-0.39, 0.29) is 23.9 Å². The molecule has 0 spiro atoms. The number of hydrogen-bond donors (Lipinski definition) is 2. The summed E-state index contributed by atoms with van der Waals surface area (Å²) in [5, 5.41) is 10.2. The molecule has 1 aromatic carbocycles. The minimum Gasteiger partial charge on any atom is -0.333 e. The van der Waals surface area contributed by atoms with E-state index in [2.05, 4.69) is 15.7 Å². The zero-order valence-electron chi connectivity index (χ0n) is 13.7. The van der Waals surface area contributed by atoms with E-state index in [0.717, 1.165) is 25.7 Å². The predicted molar refractivity (Wildman–Crippen MR) is 92.1 cm³/mol. The second-order valence-electron chi connectivity index (χ2n) is 6.18. The van der Waals surface area contributed by atoms with Crippen molar-refractivity contribution in [3.63, 3.8) is 0 Å². The van der Waals surface area contributed by atoms with Crippen molar-refractivity contribution in [3.8, 4) is 0 Å². The summed E-state index contributed by atoms with van der Waals surface area (Å²) in [5.74, 6) is -0.0231. The Bertz CT molecular complexity index is 712. The highest BCUT2D eigenvalue weighted by Gasteiger charge is 2.28. The number of hydrogen-bond acceptors (Lipinski definition) is 3. The molecule has 2 aromatic rings. The van der Waals surface area contributed by atoms with Gasteiger partial charge < -0.3 is 10.6 Å². The highest BCUT2D eigenvalue weighted by atomic mass is 16.2. The number of nitrogens with zero attached hydrogens (tertiary/aromatic N) is 2. The number of benzene rings is 1. The third kappa shape index (κ3) is 3.82. The number of carbonyl (C=O) groups excluding carboxylic acids is 2. The van der Waals surface area contributed by atoms with Gasteiger partial charge >= 0.3 is 6.03 Å². The van der Waals surface area contributed by atoms with Crippen molar-refractivity contribution in [3.05, 3.63) is 48.3 Å². The number of aromatic nitrogens is 2. The third-order valence-corrected chi connectivity index (χ3v) is 4.44. The summed E-state index contributed by atoms with van der Waals surface area (Å²) in [4.78, 5) is 23.8. The Labute approximate surface area is 141 Å². The lowest BCUT2D eigenvalue weighted by Crippen LogP contribution is -2.45. The highest BCUT2D eigenvalue weighted by Crippen LogP contribution is 2.28. The van der Waals surface area contributed by atoms with Gasteiger partial charge in [-0.3, -0.25) is 9.48 Å². The molecule has 2 amide bonds. The van der Waals surface area contributed by atoms with Crippen LogP contribution in [0.3, 0.4) is 0 Å². The largest absolute Gasteiger partial charge is 0.333 e. The Morgan fingerprint density at radius 1 is 1.21 bits per heavy atom. The molecule has 1 aliphatic carbocycles. The normalized spacial score (nSPS) is 20.4. The standard InChI is InChI=1S/C18H22N4O2/c1-13(23)14-6-4-7-15(12-14)20-18(24)21-16-8-2-3-9-17(16)22-11-5-10-19-22/h4-7,10-12,16-17H,2-3,8-9H2,1H3,(H2,20,21,24)/t16-,17+/m1/s1. The summed E-state index contributed by atoms with van der Waals surface area (Å²) in [5.41, 5.74) is 1.20. The monoisotopic (exact) mass is 326 g/mol. The summed E-state index contributed by atoms with van der Waals surface area (Å²) < 4.78 is 1.93. The average Bonchev–Trinajstić information content (AvgIpc) is 3.10. The van der Waals surface area contributed by atoms with Crippen molar-refractivity contribution >= 4 is 17.5 Å². The molecule has 0 aliphatic heterocycles. The lowest BCUT2D eigenvalue weighted by molar-refractivity contribution is 0.101. The van der Waals surface area contributed by atoms with E-state index in [9.17, 15) is 9.59 Å². The van der Waals surface area contributed by atoms with Gasteiger partial charge in [0.2, 0.25) is 0 Å². The molecule has 1 aliphatic rings. The summed E-state index contributed by atoms with van der Waals surface area (Å²) in [6.07, 6.45) is 7.89. The van der Waals surface area contributed by atoms with E-state index in [1.54, 1.807) is 30.5 Å². The molecule has 126 valence electrons. The second-order valence-corrected chi connectivity index (χ2v) is 6.18. The van der Waals surface area contributed by atoms with Crippen molar-refractivity contribution in [1.29, 1.82) is 0 Å². The first-order valence-electron chi connectivity index (χ1n) is 8.31. The van der Waals surface area contributed by atoms with Gasteiger partial charge in [-0.2, -0.15) is 5.10 Å². The van der Waals surface area contributed by atoms with Gasteiger partial charge in [0, 0.05) is 23.6 Å². The number of ketones is 1. The van der Waals surface area contributed by atoms with Gasteiger partial charge in [-0.25, -0.2) is 4.79 Å². The Kier molecular flexibility index (Phi) is 4.93. The minimum absolute atomic E-state index is 0.0231. The molecule has 1 fully saturated rings. The van der Waals surface area contributed by atoms with E-state index in [0.29, 0.717) is 11.3 Å². The van der Waals surface area contributed by atoms with Gasteiger partial charge in [0.15, 0.2) is 5.78 Å². The molecule has 6 heteroatoms. The fraction of sp³-hybridized carbons (Fsp3) is 0.389. The van der Waals surface area contributed by atoms with Crippen LogP contribution in [0.5, 0.6) is 0 Å². The number of anilines is 1. The first kappa shape index (κ1) is 16.2. The van der Waals surface area contributed by atoms with E-state index in [1.807, 2.05) is 16.9 Å². The first-order valence-corrected chi connectivity index (χ1v) is 8.31. The van der Waals surface area contributed by atoms with Crippen molar-refractivity contribution in [2.75, 3.05) is 5.32 Å². The van der Waals surface area contributed by atoms with Crippen molar-refractivity contribution in [1.82, 2.24) is 15.1 Å². The second kappa shape index (κ2) is 7.29. The topological polar surface area (TPSA) is 76.0 Å². The van der Waals surface area contributed by atoms with Crippen LogP contribution < -0.4 is 10.6 Å². The van der Waals surface area contributed by atoms with E-state index < -0.39 is 0 Å². The minimum atomic E-state index is -0.250. The lowest BCUT2D eigenvalue weighted by atomic mass is 9.90. The van der Waals surface area contributed by atoms with E-state index in [4.69, 9.17) is 0 Å². The maximum Gasteiger partial charge on any atom is 0.319 e. The van der Waals surface area contributed by atoms with E-state index in [1.165, 1.54) is 6.92 Å². The molecule has 1 saturated carbocycles. The van der Waals surface area contributed by atoms with Gasteiger partial charge in [-0.1, -0.05) is 25.0 Å². The summed E-state index contributed by atoms with van der Waals surface area (Å²) >= 11 is 0. The Balaban J connectivity index is 1.65. The first-order chi connectivity index (χ1) is 11.6. The zero-order valence-corrected chi connectivity index (χ0v) is 13.7. The van der Waals surface area contributed by atoms with Crippen LogP contribution in [0.15, 0.2) is 42.7 Å². The molecule has 24 heavy (non-hydrogen) atoms. The van der Waals surface area contributed by atoms with Crippen LogP contribution in [0, 0.1) is 0 Å². The quantitative estimate of drug-likeness (QED) is 0.846. The van der Waals surface area contributed by atoms with Crippen LogP contribution in [0.1, 0.15) is 49.0 Å². The van der Waals surface area contributed by atoms with Gasteiger partial charge in [-0.15, -0.1) is 0 Å². The van der Waals surface area contributed by atoms with E-state index >= 15 is 0 Å². The van der Waals surface area contributed by atoms with Gasteiger partial charge in [0.25, 0.3) is 0 Å². The van der Waals surface area contributed by atoms with Crippen LogP contribution >= 0.6 is 0 Å². The third-order valence-electron chi connectivity index (χ3n) is 4.44. The molecule has 0 bridgehead atoms. The SMILES string of the molecule is CC(=O)c1cccc(NC(=O)N[C@@H]2CCCC[C@@H]2n2cccn2)c1. The molecular formula is C18H22N4O2. The number of Topliss-reactive ketones (excluding diaryl/α,β-unsaturated/α-hetero) is 1. The number of rotatable bonds is 4. The molecule has 1 heterocycles. The molecular weight excluding hydrogens is 304 g/mol. The number of carbonyl (C=O) groups is 2. The molecule has 6 nitrogen and oxygen atoms in total. The van der Waals surface area contributed by atoms with Crippen molar-refractivity contribution in [2.24, 2.45) is 0 Å². The lowest BCUT2D eigenvalue weighted by Gasteiger charge is -2.32. The fourth-order valence-electron chi connectivity index (χ4n) is 3.22. The van der Waals surface area contributed by atoms with Crippen molar-refractivity contribution in [2.45, 2.75) is 44.7 Å². The number of nitrogens with one attached hydrogen (secondary N) is 2. The van der Waals surface area contributed by atoms with Crippen LogP contribution in [-0.4, -0.2) is 27.6 Å². The number of amides is 2. The van der Waals surface area contributed by atoms with Gasteiger partial charge in [0.05, 0.1) is 12.1 Å². The van der Waals surface area contributed by atoms with Crippen molar-refractivity contribution < 1.29 is 9.59 Å². The maximum absolute atomic E-state index is 12.3. The Morgan fingerprint density at radius 2 is 2.04 bits per heavy atom. The molecule has 3 rings (SSSR count). The summed E-state index contributed by atoms with van der Waals surface area (Å²) in [7, 11) is 0. The summed E-state index contributed by atoms with van der Waals surface area (Å²) in [6.45, 7) is 1.51. The molecule has 0 saturated heterocycles. The zero-order chi connectivity index (χ0) is 16.9. The van der Waals surface area contributed by atoms with Crippen LogP contribution in [0.4, 0.5) is 10.5 Å². The molecule has 0 unspecified atom stereocenters. The fourth-order valence-corrected chi connectivity index (χ4v) is 3.22. The van der Waals surface area contributed by atoms with Crippen LogP contribution in [0.25, 0.3) is 0 Å². The smallest absolute Gasteiger partial charge is 0.319 e. The Morgan fingerprint density at radius 3 is 2.79 bits per heavy atom.